The Hall–Kier alpha value is -2.66. The molecular formula is C20H23N5. The van der Waals surface area contributed by atoms with E-state index in [1.165, 1.54) is 10.9 Å². The molecule has 0 aliphatic heterocycles. The normalized spacial score (nSPS) is 12.9. The smallest absolute Gasteiger partial charge is 0.178 e. The minimum absolute atomic E-state index is 0.534. The average molecular weight is 333 g/mol. The van der Waals surface area contributed by atoms with Crippen LogP contribution in [0.25, 0.3) is 33.3 Å². The van der Waals surface area contributed by atoms with E-state index in [2.05, 4.69) is 63.4 Å². The Morgan fingerprint density at radius 1 is 1.16 bits per heavy atom. The lowest BCUT2D eigenvalue weighted by atomic mass is 10.1. The summed E-state index contributed by atoms with van der Waals surface area (Å²) in [6, 6.07) is 11.3. The quantitative estimate of drug-likeness (QED) is 0.510. The van der Waals surface area contributed by atoms with E-state index >= 15 is 0 Å². The first kappa shape index (κ1) is 15.8. The maximum atomic E-state index is 4.43. The molecule has 0 bridgehead atoms. The van der Waals surface area contributed by atoms with Crippen LogP contribution in [0.1, 0.15) is 31.7 Å². The topological polar surface area (TPSA) is 69.4 Å². The van der Waals surface area contributed by atoms with Crippen LogP contribution in [0.3, 0.4) is 0 Å². The van der Waals surface area contributed by atoms with Gasteiger partial charge in [0.25, 0.3) is 0 Å². The Bertz CT molecular complexity index is 1030. The zero-order chi connectivity index (χ0) is 17.4. The lowest BCUT2D eigenvalue weighted by Gasteiger charge is -2.11. The van der Waals surface area contributed by atoms with E-state index < -0.39 is 0 Å². The summed E-state index contributed by atoms with van der Waals surface area (Å²) in [5.41, 5.74) is 6.36. The number of nitrogens with one attached hydrogen (secondary N) is 3. The Morgan fingerprint density at radius 2 is 2.04 bits per heavy atom. The van der Waals surface area contributed by atoms with Crippen LogP contribution in [0.4, 0.5) is 0 Å². The van der Waals surface area contributed by atoms with Crippen LogP contribution in [0.2, 0.25) is 0 Å². The second-order valence-corrected chi connectivity index (χ2v) is 6.67. The van der Waals surface area contributed by atoms with E-state index in [1.54, 1.807) is 0 Å². The van der Waals surface area contributed by atoms with Gasteiger partial charge in [-0.3, -0.25) is 0 Å². The molecule has 4 rings (SSSR count). The minimum atomic E-state index is 0.534. The number of nitrogens with zero attached hydrogens (tertiary/aromatic N) is 2. The predicted octanol–water partition coefficient (Wildman–Crippen LogP) is 4.30. The highest BCUT2D eigenvalue weighted by atomic mass is 15.0. The largest absolute Gasteiger partial charge is 0.354 e. The summed E-state index contributed by atoms with van der Waals surface area (Å²) in [5, 5.41) is 4.77. The van der Waals surface area contributed by atoms with Crippen molar-refractivity contribution in [3.8, 4) is 11.3 Å². The Morgan fingerprint density at radius 3 is 2.88 bits per heavy atom. The van der Waals surface area contributed by atoms with Crippen molar-refractivity contribution in [2.45, 2.75) is 39.8 Å². The molecule has 0 unspecified atom stereocenters. The van der Waals surface area contributed by atoms with Gasteiger partial charge >= 0.3 is 0 Å². The number of hydrogen-bond acceptors (Lipinski definition) is 3. The molecule has 1 aromatic carbocycles. The second-order valence-electron chi connectivity index (χ2n) is 6.67. The van der Waals surface area contributed by atoms with Crippen LogP contribution in [-0.2, 0) is 6.54 Å². The van der Waals surface area contributed by atoms with Crippen LogP contribution >= 0.6 is 0 Å². The van der Waals surface area contributed by atoms with Gasteiger partial charge in [-0.05, 0) is 50.1 Å². The highest BCUT2D eigenvalue weighted by Gasteiger charge is 2.11. The van der Waals surface area contributed by atoms with Crippen molar-refractivity contribution >= 4 is 22.1 Å². The fraction of sp³-hybridized carbons (Fsp3) is 0.300. The number of benzene rings is 1. The van der Waals surface area contributed by atoms with Gasteiger partial charge in [-0.15, -0.1) is 0 Å². The highest BCUT2D eigenvalue weighted by molar-refractivity contribution is 5.94. The lowest BCUT2D eigenvalue weighted by molar-refractivity contribution is 0.534. The zero-order valence-electron chi connectivity index (χ0n) is 14.9. The summed E-state index contributed by atoms with van der Waals surface area (Å²) < 4.78 is 0. The summed E-state index contributed by atoms with van der Waals surface area (Å²) in [5.74, 6) is 0.879. The van der Waals surface area contributed by atoms with Gasteiger partial charge in [0.15, 0.2) is 5.65 Å². The van der Waals surface area contributed by atoms with E-state index in [-0.39, 0.29) is 0 Å². The number of aromatic nitrogens is 4. The molecular weight excluding hydrogens is 310 g/mol. The molecule has 0 radical (unpaired) electrons. The number of aryl methyl sites for hydroxylation is 1. The van der Waals surface area contributed by atoms with E-state index in [0.29, 0.717) is 6.04 Å². The van der Waals surface area contributed by atoms with E-state index in [0.717, 1.165) is 46.7 Å². The van der Waals surface area contributed by atoms with Gasteiger partial charge in [-0.1, -0.05) is 13.0 Å². The summed E-state index contributed by atoms with van der Waals surface area (Å²) in [7, 11) is 0. The van der Waals surface area contributed by atoms with Gasteiger partial charge in [0.05, 0.1) is 5.52 Å². The van der Waals surface area contributed by atoms with E-state index in [1.807, 2.05) is 19.2 Å². The predicted molar refractivity (Wildman–Crippen MR) is 103 cm³/mol. The number of fused-ring (bicyclic) bond motifs is 2. The van der Waals surface area contributed by atoms with Crippen molar-refractivity contribution in [1.29, 1.82) is 0 Å². The molecule has 3 N–H and O–H groups in total. The third-order valence-electron chi connectivity index (χ3n) is 4.75. The van der Waals surface area contributed by atoms with Crippen molar-refractivity contribution < 1.29 is 0 Å². The molecule has 0 saturated carbocycles. The molecule has 4 aromatic rings. The van der Waals surface area contributed by atoms with Gasteiger partial charge in [0, 0.05) is 40.9 Å². The maximum absolute atomic E-state index is 4.43. The number of H-pyrrole nitrogens is 2. The molecule has 1 atom stereocenters. The lowest BCUT2D eigenvalue weighted by Crippen LogP contribution is -2.24. The Kier molecular flexibility index (Phi) is 4.01. The Labute approximate surface area is 146 Å². The number of pyridine rings is 1. The molecule has 3 heterocycles. The van der Waals surface area contributed by atoms with Crippen LogP contribution < -0.4 is 5.32 Å². The molecule has 0 spiro atoms. The standard InChI is InChI=1S/C20H23N5/c1-4-12(2)22-11-14-5-6-17-15(9-14)10-18(25-17)16-7-8-21-20-19(16)23-13(3)24-20/h5-10,12,22,25H,4,11H2,1-3H3,(H,21,23,24)/t12-/m0/s1. The zero-order valence-corrected chi connectivity index (χ0v) is 14.9. The summed E-state index contributed by atoms with van der Waals surface area (Å²) in [4.78, 5) is 15.6. The SMILES string of the molecule is CC[C@H](C)NCc1ccc2[nH]c(-c3ccnc4nc(C)[nH]c34)cc2c1. The monoisotopic (exact) mass is 333 g/mol. The number of imidazole rings is 1. The minimum Gasteiger partial charge on any atom is -0.354 e. The Balaban J connectivity index is 1.71. The second kappa shape index (κ2) is 6.33. The summed E-state index contributed by atoms with van der Waals surface area (Å²) in [6.07, 6.45) is 2.95. The average Bonchev–Trinajstić information content (AvgIpc) is 3.20. The summed E-state index contributed by atoms with van der Waals surface area (Å²) in [6.45, 7) is 7.26. The molecule has 0 aliphatic rings. The first-order valence-corrected chi connectivity index (χ1v) is 8.80. The summed E-state index contributed by atoms with van der Waals surface area (Å²) >= 11 is 0. The van der Waals surface area contributed by atoms with Gasteiger partial charge in [-0.25, -0.2) is 9.97 Å². The number of aromatic amines is 2. The number of rotatable bonds is 5. The molecule has 0 aliphatic carbocycles. The van der Waals surface area contributed by atoms with Gasteiger partial charge in [0.2, 0.25) is 0 Å². The molecule has 0 saturated heterocycles. The fourth-order valence-corrected chi connectivity index (χ4v) is 3.12. The van der Waals surface area contributed by atoms with Gasteiger partial charge in [0.1, 0.15) is 5.82 Å². The third-order valence-corrected chi connectivity index (χ3v) is 4.75. The van der Waals surface area contributed by atoms with Crippen molar-refractivity contribution in [2.75, 3.05) is 0 Å². The highest BCUT2D eigenvalue weighted by Crippen LogP contribution is 2.29. The van der Waals surface area contributed by atoms with Crippen molar-refractivity contribution in [3.63, 3.8) is 0 Å². The van der Waals surface area contributed by atoms with E-state index in [9.17, 15) is 0 Å². The van der Waals surface area contributed by atoms with Gasteiger partial charge < -0.3 is 15.3 Å². The van der Waals surface area contributed by atoms with Crippen molar-refractivity contribution in [1.82, 2.24) is 25.3 Å². The van der Waals surface area contributed by atoms with Crippen LogP contribution in [0, 0.1) is 6.92 Å². The first-order valence-electron chi connectivity index (χ1n) is 8.80. The first-order chi connectivity index (χ1) is 12.1. The van der Waals surface area contributed by atoms with Crippen LogP contribution in [0.15, 0.2) is 36.5 Å². The molecule has 25 heavy (non-hydrogen) atoms. The van der Waals surface area contributed by atoms with Crippen LogP contribution in [-0.4, -0.2) is 26.0 Å². The maximum Gasteiger partial charge on any atom is 0.178 e. The molecule has 3 aromatic heterocycles. The van der Waals surface area contributed by atoms with Crippen molar-refractivity contribution in [3.05, 3.63) is 47.9 Å². The van der Waals surface area contributed by atoms with E-state index in [4.69, 9.17) is 0 Å². The fourth-order valence-electron chi connectivity index (χ4n) is 3.12. The van der Waals surface area contributed by atoms with Crippen molar-refractivity contribution in [2.24, 2.45) is 0 Å². The molecule has 0 amide bonds. The molecule has 5 heteroatoms. The third kappa shape index (κ3) is 3.03. The number of hydrogen-bond donors (Lipinski definition) is 3. The van der Waals surface area contributed by atoms with Gasteiger partial charge in [-0.2, -0.15) is 0 Å². The molecule has 128 valence electrons. The molecule has 0 fully saturated rings. The van der Waals surface area contributed by atoms with Crippen LogP contribution in [0.5, 0.6) is 0 Å². The molecule has 5 nitrogen and oxygen atoms in total.